The van der Waals surface area contributed by atoms with Gasteiger partial charge in [0.2, 0.25) is 5.88 Å². The van der Waals surface area contributed by atoms with E-state index in [0.29, 0.717) is 24.9 Å². The van der Waals surface area contributed by atoms with Gasteiger partial charge in [0.25, 0.3) is 5.91 Å². The van der Waals surface area contributed by atoms with Crippen molar-refractivity contribution < 1.29 is 14.3 Å². The van der Waals surface area contributed by atoms with Crippen LogP contribution < -0.4 is 9.47 Å². The van der Waals surface area contributed by atoms with Crippen molar-refractivity contribution in [2.24, 2.45) is 0 Å². The first-order chi connectivity index (χ1) is 12.6. The number of aromatic nitrogens is 4. The number of hydrogen-bond donors (Lipinski definition) is 1. The Morgan fingerprint density at radius 2 is 2.15 bits per heavy atom. The fourth-order valence-electron chi connectivity index (χ4n) is 3.34. The van der Waals surface area contributed by atoms with Gasteiger partial charge in [-0.15, -0.1) is 0 Å². The molecular formula is C18H25N5O3. The predicted octanol–water partition coefficient (Wildman–Crippen LogP) is 2.32. The van der Waals surface area contributed by atoms with E-state index in [9.17, 15) is 4.79 Å². The molecule has 1 amide bonds. The van der Waals surface area contributed by atoms with Crippen LogP contribution in [0.1, 0.15) is 60.0 Å². The van der Waals surface area contributed by atoms with Gasteiger partial charge in [-0.3, -0.25) is 9.89 Å². The van der Waals surface area contributed by atoms with E-state index in [1.807, 2.05) is 0 Å². The molecule has 1 N–H and O–H groups in total. The molecule has 0 aliphatic carbocycles. The Balaban J connectivity index is 1.84. The SMILES string of the molecule is CCC[C@H](C)c1n[nH]c2c1CN(C(=O)c1cc(OC)nc(OC)n1)CC2. The van der Waals surface area contributed by atoms with Crippen molar-refractivity contribution in [1.82, 2.24) is 25.1 Å². The van der Waals surface area contributed by atoms with Crippen molar-refractivity contribution in [2.75, 3.05) is 20.8 Å². The second-order valence-corrected chi connectivity index (χ2v) is 6.51. The van der Waals surface area contributed by atoms with E-state index in [4.69, 9.17) is 9.47 Å². The molecule has 1 atom stereocenters. The maximum absolute atomic E-state index is 13.0. The molecule has 0 saturated carbocycles. The first kappa shape index (κ1) is 18.2. The zero-order valence-electron chi connectivity index (χ0n) is 15.7. The summed E-state index contributed by atoms with van der Waals surface area (Å²) in [7, 11) is 2.96. The Bertz CT molecular complexity index is 767. The molecule has 140 valence electrons. The average molecular weight is 359 g/mol. The number of amides is 1. The highest BCUT2D eigenvalue weighted by Crippen LogP contribution is 2.29. The number of nitrogens with zero attached hydrogens (tertiary/aromatic N) is 4. The number of carbonyl (C=O) groups is 1. The van der Waals surface area contributed by atoms with Crippen molar-refractivity contribution in [2.45, 2.75) is 45.6 Å². The van der Waals surface area contributed by atoms with Crippen LogP contribution in [0.4, 0.5) is 0 Å². The summed E-state index contributed by atoms with van der Waals surface area (Å²) < 4.78 is 10.2. The highest BCUT2D eigenvalue weighted by atomic mass is 16.5. The topological polar surface area (TPSA) is 93.2 Å². The second-order valence-electron chi connectivity index (χ2n) is 6.51. The third-order valence-electron chi connectivity index (χ3n) is 4.73. The summed E-state index contributed by atoms with van der Waals surface area (Å²) in [6.07, 6.45) is 2.93. The first-order valence-corrected chi connectivity index (χ1v) is 8.89. The van der Waals surface area contributed by atoms with Gasteiger partial charge in [-0.25, -0.2) is 0 Å². The van der Waals surface area contributed by atoms with Crippen molar-refractivity contribution in [3.8, 4) is 11.9 Å². The molecule has 1 aliphatic heterocycles. The van der Waals surface area contributed by atoms with Gasteiger partial charge in [0, 0.05) is 42.8 Å². The van der Waals surface area contributed by atoms with E-state index in [-0.39, 0.29) is 17.6 Å². The van der Waals surface area contributed by atoms with Gasteiger partial charge < -0.3 is 14.4 Å². The summed E-state index contributed by atoms with van der Waals surface area (Å²) >= 11 is 0. The van der Waals surface area contributed by atoms with Crippen LogP contribution >= 0.6 is 0 Å². The predicted molar refractivity (Wildman–Crippen MR) is 95.5 cm³/mol. The molecule has 2 aromatic rings. The van der Waals surface area contributed by atoms with Gasteiger partial charge in [0.1, 0.15) is 5.69 Å². The molecule has 0 spiro atoms. The van der Waals surface area contributed by atoms with Crippen LogP contribution in [0.15, 0.2) is 6.07 Å². The zero-order chi connectivity index (χ0) is 18.7. The van der Waals surface area contributed by atoms with E-state index >= 15 is 0 Å². The van der Waals surface area contributed by atoms with E-state index in [0.717, 1.165) is 36.2 Å². The quantitative estimate of drug-likeness (QED) is 0.851. The number of methoxy groups -OCH3 is 2. The molecule has 0 unspecified atom stereocenters. The van der Waals surface area contributed by atoms with Crippen LogP contribution in [0.5, 0.6) is 11.9 Å². The van der Waals surface area contributed by atoms with Crippen LogP contribution in [0, 0.1) is 0 Å². The number of ether oxygens (including phenoxy) is 2. The standard InChI is InChI=1S/C18H25N5O3/c1-5-6-11(2)16-12-10-23(8-7-13(12)21-22-16)17(24)14-9-15(25-3)20-18(19-14)26-4/h9,11H,5-8,10H2,1-4H3,(H,21,22)/t11-/m0/s1. The Labute approximate surface area is 152 Å². The number of aromatic amines is 1. The van der Waals surface area contributed by atoms with Gasteiger partial charge >= 0.3 is 6.01 Å². The molecule has 3 heterocycles. The molecule has 8 heteroatoms. The number of nitrogens with one attached hydrogen (secondary N) is 1. The number of fused-ring (bicyclic) bond motifs is 1. The highest BCUT2D eigenvalue weighted by molar-refractivity contribution is 5.92. The van der Waals surface area contributed by atoms with E-state index in [1.54, 1.807) is 4.90 Å². The highest BCUT2D eigenvalue weighted by Gasteiger charge is 2.28. The molecule has 1 aliphatic rings. The molecule has 26 heavy (non-hydrogen) atoms. The number of rotatable bonds is 6. The number of carbonyl (C=O) groups excluding carboxylic acids is 1. The van der Waals surface area contributed by atoms with Crippen LogP contribution in [0.2, 0.25) is 0 Å². The zero-order valence-corrected chi connectivity index (χ0v) is 15.7. The fraction of sp³-hybridized carbons (Fsp3) is 0.556. The van der Waals surface area contributed by atoms with E-state index in [1.165, 1.54) is 20.3 Å². The summed E-state index contributed by atoms with van der Waals surface area (Å²) in [5, 5.41) is 7.66. The lowest BCUT2D eigenvalue weighted by Gasteiger charge is -2.27. The summed E-state index contributed by atoms with van der Waals surface area (Å²) in [4.78, 5) is 23.0. The van der Waals surface area contributed by atoms with Crippen LogP contribution in [-0.4, -0.2) is 51.7 Å². The largest absolute Gasteiger partial charge is 0.481 e. The molecule has 0 aromatic carbocycles. The minimum Gasteiger partial charge on any atom is -0.481 e. The Hall–Kier alpha value is -2.64. The van der Waals surface area contributed by atoms with E-state index < -0.39 is 0 Å². The summed E-state index contributed by atoms with van der Waals surface area (Å²) in [6.45, 7) is 5.50. The summed E-state index contributed by atoms with van der Waals surface area (Å²) in [5.74, 6) is 0.512. The lowest BCUT2D eigenvalue weighted by atomic mass is 9.95. The first-order valence-electron chi connectivity index (χ1n) is 8.89. The monoisotopic (exact) mass is 359 g/mol. The molecule has 3 rings (SSSR count). The lowest BCUT2D eigenvalue weighted by molar-refractivity contribution is 0.0725. The van der Waals surface area contributed by atoms with Crippen molar-refractivity contribution in [1.29, 1.82) is 0 Å². The molecule has 0 radical (unpaired) electrons. The van der Waals surface area contributed by atoms with Gasteiger partial charge in [-0.1, -0.05) is 20.3 Å². The lowest BCUT2D eigenvalue weighted by Crippen LogP contribution is -2.36. The van der Waals surface area contributed by atoms with Crippen molar-refractivity contribution >= 4 is 5.91 Å². The minimum absolute atomic E-state index is 0.117. The minimum atomic E-state index is -0.162. The maximum Gasteiger partial charge on any atom is 0.320 e. The van der Waals surface area contributed by atoms with E-state index in [2.05, 4.69) is 34.0 Å². The molecule has 0 bridgehead atoms. The van der Waals surface area contributed by atoms with Crippen LogP contribution in [-0.2, 0) is 13.0 Å². The molecule has 2 aromatic heterocycles. The number of hydrogen-bond acceptors (Lipinski definition) is 6. The van der Waals surface area contributed by atoms with Crippen LogP contribution in [0.3, 0.4) is 0 Å². The molecular weight excluding hydrogens is 334 g/mol. The summed E-state index contributed by atoms with van der Waals surface area (Å²) in [5.41, 5.74) is 3.60. The third kappa shape index (κ3) is 3.49. The fourth-order valence-corrected chi connectivity index (χ4v) is 3.34. The summed E-state index contributed by atoms with van der Waals surface area (Å²) in [6, 6.07) is 1.65. The Morgan fingerprint density at radius 1 is 1.35 bits per heavy atom. The van der Waals surface area contributed by atoms with Gasteiger partial charge in [-0.05, 0) is 6.42 Å². The average Bonchev–Trinajstić information content (AvgIpc) is 3.10. The Kier molecular flexibility index (Phi) is 5.39. The third-order valence-corrected chi connectivity index (χ3v) is 4.73. The maximum atomic E-state index is 13.0. The van der Waals surface area contributed by atoms with Crippen molar-refractivity contribution in [3.63, 3.8) is 0 Å². The van der Waals surface area contributed by atoms with Gasteiger partial charge in [0.05, 0.1) is 19.9 Å². The smallest absolute Gasteiger partial charge is 0.320 e. The number of H-pyrrole nitrogens is 1. The van der Waals surface area contributed by atoms with Gasteiger partial charge in [-0.2, -0.15) is 15.1 Å². The molecule has 0 fully saturated rings. The molecule has 0 saturated heterocycles. The molecule has 8 nitrogen and oxygen atoms in total. The van der Waals surface area contributed by atoms with Crippen LogP contribution in [0.25, 0.3) is 0 Å². The van der Waals surface area contributed by atoms with Gasteiger partial charge in [0.15, 0.2) is 0 Å². The normalized spacial score (nSPS) is 14.7. The second kappa shape index (κ2) is 7.72. The Morgan fingerprint density at radius 3 is 2.85 bits per heavy atom. The van der Waals surface area contributed by atoms with Crippen molar-refractivity contribution in [3.05, 3.63) is 28.7 Å².